The van der Waals surface area contributed by atoms with E-state index in [1.165, 1.54) is 0 Å². The van der Waals surface area contributed by atoms with Crippen molar-refractivity contribution >= 4 is 0 Å². The standard InChI is InChI=1S/C6H11O/c7-6-4-2-1-3-5-6/h4,6-7H,1-3,5H2/i1D2,2D2,3D2,4D,5D2,6D. The Balaban J connectivity index is 3.56. The molecule has 41 valence electrons. The monoisotopic (exact) mass is 109 g/mol. The fourth-order valence-electron chi connectivity index (χ4n) is 0.243. The molecule has 1 atom stereocenters. The van der Waals surface area contributed by atoms with Crippen molar-refractivity contribution in [2.24, 2.45) is 0 Å². The molecule has 1 heteroatoms. The topological polar surface area (TPSA) is 20.2 Å². The minimum Gasteiger partial charge on any atom is -0.393 e. The van der Waals surface area contributed by atoms with Crippen molar-refractivity contribution < 1.29 is 18.8 Å². The Labute approximate surface area is 58.4 Å². The summed E-state index contributed by atoms with van der Waals surface area (Å²) in [5, 5.41) is 9.49. The number of aliphatic hydroxyl groups is 1. The van der Waals surface area contributed by atoms with Crippen LogP contribution in [0.2, 0.25) is 0 Å². The van der Waals surface area contributed by atoms with Crippen molar-refractivity contribution in [3.8, 4) is 0 Å². The van der Waals surface area contributed by atoms with E-state index in [4.69, 9.17) is 13.7 Å². The van der Waals surface area contributed by atoms with E-state index in [1.807, 2.05) is 0 Å². The summed E-state index contributed by atoms with van der Waals surface area (Å²) in [7, 11) is 0. The van der Waals surface area contributed by atoms with E-state index < -0.39 is 38.0 Å². The molecule has 0 aromatic heterocycles. The largest absolute Gasteiger partial charge is 0.393 e. The molecule has 1 aliphatic rings. The zero-order chi connectivity index (χ0) is 14.1. The van der Waals surface area contributed by atoms with Gasteiger partial charge >= 0.3 is 0 Å². The average molecular weight is 109 g/mol. The molecule has 1 radical (unpaired) electrons. The Morgan fingerprint density at radius 3 is 3.71 bits per heavy atom. The van der Waals surface area contributed by atoms with E-state index in [0.29, 0.717) is 0 Å². The van der Waals surface area contributed by atoms with Gasteiger partial charge in [0.25, 0.3) is 0 Å². The van der Waals surface area contributed by atoms with E-state index in [0.717, 1.165) is 0 Å². The van der Waals surface area contributed by atoms with Gasteiger partial charge < -0.3 is 5.11 Å². The maximum absolute atomic E-state index is 9.49. The maximum atomic E-state index is 9.49. The zero-order valence-corrected chi connectivity index (χ0v) is 3.45. The zero-order valence-electron chi connectivity index (χ0n) is 13.4. The molecule has 0 aromatic carbocycles. The highest BCUT2D eigenvalue weighted by Gasteiger charge is 2.08. The molecule has 1 fully saturated rings. The van der Waals surface area contributed by atoms with Crippen LogP contribution in [0.5, 0.6) is 0 Å². The molecule has 1 nitrogen and oxygen atoms in total. The van der Waals surface area contributed by atoms with Crippen LogP contribution in [-0.4, -0.2) is 11.2 Å². The second-order valence-electron chi connectivity index (χ2n) is 0.974. The van der Waals surface area contributed by atoms with E-state index in [-0.39, 0.29) is 0 Å². The van der Waals surface area contributed by atoms with Crippen LogP contribution in [0.1, 0.15) is 39.2 Å². The van der Waals surface area contributed by atoms with Crippen molar-refractivity contribution in [3.05, 3.63) is 6.40 Å². The van der Waals surface area contributed by atoms with Crippen LogP contribution in [0.3, 0.4) is 0 Å². The Bertz CT molecular complexity index is 304. The lowest BCUT2D eigenvalue weighted by Gasteiger charge is -2.14. The molecule has 1 aliphatic carbocycles. The molecule has 1 N–H and O–H groups in total. The predicted molar refractivity (Wildman–Crippen MR) is 28.8 cm³/mol. The fourth-order valence-corrected chi connectivity index (χ4v) is 0.243. The van der Waals surface area contributed by atoms with Crippen molar-refractivity contribution in [2.75, 3.05) is 0 Å². The molecule has 0 spiro atoms. The quantitative estimate of drug-likeness (QED) is 0.494. The first kappa shape index (κ1) is 0.860. The summed E-state index contributed by atoms with van der Waals surface area (Å²) in [6, 6.07) is 0. The Morgan fingerprint density at radius 2 is 2.86 bits per heavy atom. The van der Waals surface area contributed by atoms with Crippen LogP contribution in [-0.2, 0) is 0 Å². The van der Waals surface area contributed by atoms with Gasteiger partial charge in [0.1, 0.15) is 0 Å². The van der Waals surface area contributed by atoms with Crippen LogP contribution in [0.25, 0.3) is 0 Å². The van der Waals surface area contributed by atoms with Crippen LogP contribution in [0.4, 0.5) is 0 Å². The first-order valence-corrected chi connectivity index (χ1v) is 1.72. The third kappa shape index (κ3) is 1.48. The van der Waals surface area contributed by atoms with Gasteiger partial charge in [0.05, 0.1) is 7.45 Å². The summed E-state index contributed by atoms with van der Waals surface area (Å²) in [5.41, 5.74) is 0. The minimum absolute atomic E-state index is 1.53. The van der Waals surface area contributed by atoms with Gasteiger partial charge in [0.2, 0.25) is 0 Å². The van der Waals surface area contributed by atoms with E-state index in [1.54, 1.807) is 0 Å². The lowest BCUT2D eigenvalue weighted by Crippen LogP contribution is -2.10. The summed E-state index contributed by atoms with van der Waals surface area (Å²) in [6.45, 7) is 0. The fraction of sp³-hybridized carbons (Fsp3) is 0.833. The Kier molecular flexibility index (Phi) is 0.284. The third-order valence-electron chi connectivity index (χ3n) is 0.487. The summed E-state index contributed by atoms with van der Waals surface area (Å²) in [4.78, 5) is 0. The highest BCUT2D eigenvalue weighted by Crippen LogP contribution is 2.15. The summed E-state index contributed by atoms with van der Waals surface area (Å²) < 4.78 is 73.0. The lowest BCUT2D eigenvalue weighted by molar-refractivity contribution is 0.174. The first-order chi connectivity index (χ1) is 7.15. The molecule has 0 bridgehead atoms. The van der Waals surface area contributed by atoms with Gasteiger partial charge in [-0.15, -0.1) is 0 Å². The molecule has 0 heterocycles. The van der Waals surface area contributed by atoms with Gasteiger partial charge in [0.15, 0.2) is 0 Å². The predicted octanol–water partition coefficient (Wildman–Crippen LogP) is 1.13. The van der Waals surface area contributed by atoms with Crippen molar-refractivity contribution in [3.63, 3.8) is 0 Å². The highest BCUT2D eigenvalue weighted by atomic mass is 16.3. The molecule has 0 aromatic rings. The van der Waals surface area contributed by atoms with E-state index in [2.05, 4.69) is 0 Å². The van der Waals surface area contributed by atoms with Crippen LogP contribution < -0.4 is 0 Å². The summed E-state index contributed by atoms with van der Waals surface area (Å²) in [5.74, 6) is 0. The number of rotatable bonds is 0. The van der Waals surface area contributed by atoms with Gasteiger partial charge in [0, 0.05) is 12.3 Å². The summed E-state index contributed by atoms with van der Waals surface area (Å²) in [6.07, 6.45) is -18.6. The van der Waals surface area contributed by atoms with Gasteiger partial charge in [-0.2, -0.15) is 0 Å². The average Bonchev–Trinajstić information content (AvgIpc) is 2.13. The van der Waals surface area contributed by atoms with Crippen LogP contribution in [0.15, 0.2) is 0 Å². The maximum Gasteiger partial charge on any atom is 0.0603 e. The smallest absolute Gasteiger partial charge is 0.0603 e. The highest BCUT2D eigenvalue weighted by molar-refractivity contribution is 4.79. The van der Waals surface area contributed by atoms with E-state index in [9.17, 15) is 5.11 Å². The second-order valence-corrected chi connectivity index (χ2v) is 0.974. The molecule has 0 aliphatic heterocycles. The van der Waals surface area contributed by atoms with Crippen molar-refractivity contribution in [2.45, 2.75) is 31.6 Å². The first-order valence-electron chi connectivity index (χ1n) is 6.72. The Morgan fingerprint density at radius 1 is 2.00 bits per heavy atom. The molecule has 7 heavy (non-hydrogen) atoms. The third-order valence-corrected chi connectivity index (χ3v) is 0.487. The molecule has 0 amide bonds. The van der Waals surface area contributed by atoms with Crippen LogP contribution in [0, 0.1) is 6.40 Å². The minimum atomic E-state index is -3.47. The van der Waals surface area contributed by atoms with Gasteiger partial charge in [-0.3, -0.25) is 0 Å². The summed E-state index contributed by atoms with van der Waals surface area (Å²) >= 11 is 0. The molecule has 0 saturated heterocycles. The molecular formula is C6H11O. The molecular weight excluding hydrogens is 88.1 g/mol. The van der Waals surface area contributed by atoms with E-state index >= 15 is 0 Å². The van der Waals surface area contributed by atoms with Crippen LogP contribution >= 0.6 is 0 Å². The number of hydrogen-bond acceptors (Lipinski definition) is 1. The molecule has 1 rings (SSSR count). The number of hydrogen-bond donors (Lipinski definition) is 1. The van der Waals surface area contributed by atoms with Gasteiger partial charge in [-0.1, -0.05) is 12.7 Å². The normalized spacial score (nSPS) is 96.1. The lowest BCUT2D eigenvalue weighted by atomic mass is 9.98. The van der Waals surface area contributed by atoms with Crippen molar-refractivity contribution in [1.29, 1.82) is 0 Å². The van der Waals surface area contributed by atoms with Gasteiger partial charge in [-0.05, 0) is 19.1 Å². The second kappa shape index (κ2) is 2.31. The van der Waals surface area contributed by atoms with Crippen molar-refractivity contribution in [1.82, 2.24) is 0 Å². The Hall–Kier alpha value is -0.0400. The molecule has 1 unspecified atom stereocenters. The molecule has 1 saturated carbocycles. The van der Waals surface area contributed by atoms with Gasteiger partial charge in [-0.25, -0.2) is 0 Å². The SMILES string of the molecule is [2H][C]1C([2H])([2H])C([2H])([2H])C([2H])([2H])C([2H])([2H])C1([2H])O.